The second-order valence-electron chi connectivity index (χ2n) is 6.11. The molecule has 0 saturated carbocycles. The molecule has 3 aromatic rings. The van der Waals surface area contributed by atoms with Crippen LogP contribution in [0, 0.1) is 10.1 Å². The fourth-order valence-electron chi connectivity index (χ4n) is 2.47. The van der Waals surface area contributed by atoms with Crippen molar-refractivity contribution in [2.24, 2.45) is 0 Å². The van der Waals surface area contributed by atoms with Crippen molar-refractivity contribution in [1.29, 1.82) is 0 Å². The number of nitrogens with zero attached hydrogens (tertiary/aromatic N) is 1. The summed E-state index contributed by atoms with van der Waals surface area (Å²) < 4.78 is 5.17. The number of carbonyl (C=O) groups excluding carboxylic acids is 3. The topological polar surface area (TPSA) is 144 Å². The van der Waals surface area contributed by atoms with Crippen molar-refractivity contribution in [1.82, 2.24) is 16.2 Å². The monoisotopic (exact) mass is 420 g/mol. The first-order chi connectivity index (χ1) is 14.9. The summed E-state index contributed by atoms with van der Waals surface area (Å²) in [5, 5.41) is 13.3. The number of carbonyl (C=O) groups is 3. The summed E-state index contributed by atoms with van der Waals surface area (Å²) in [6.07, 6.45) is 2.68. The Kier molecular flexibility index (Phi) is 6.54. The van der Waals surface area contributed by atoms with Crippen molar-refractivity contribution in [3.63, 3.8) is 0 Å². The molecular formula is C21H16N4O6. The zero-order chi connectivity index (χ0) is 22.2. The van der Waals surface area contributed by atoms with Gasteiger partial charge in [0.1, 0.15) is 11.5 Å². The molecule has 1 aromatic heterocycles. The van der Waals surface area contributed by atoms with Crippen LogP contribution in [0.1, 0.15) is 26.5 Å². The maximum absolute atomic E-state index is 12.6. The molecule has 2 aromatic carbocycles. The number of hydrogen-bond acceptors (Lipinski definition) is 6. The van der Waals surface area contributed by atoms with Gasteiger partial charge in [-0.3, -0.25) is 35.3 Å². The molecule has 156 valence electrons. The van der Waals surface area contributed by atoms with E-state index in [2.05, 4.69) is 16.2 Å². The number of hydrogen-bond donors (Lipinski definition) is 3. The number of benzene rings is 2. The minimum Gasteiger partial charge on any atom is -0.465 e. The summed E-state index contributed by atoms with van der Waals surface area (Å²) >= 11 is 0. The lowest BCUT2D eigenvalue weighted by Gasteiger charge is -2.11. The van der Waals surface area contributed by atoms with E-state index in [9.17, 15) is 24.5 Å². The van der Waals surface area contributed by atoms with Gasteiger partial charge in [-0.05, 0) is 30.3 Å². The van der Waals surface area contributed by atoms with Crippen LogP contribution in [0.4, 0.5) is 5.69 Å². The predicted molar refractivity (Wildman–Crippen MR) is 109 cm³/mol. The number of amides is 3. The lowest BCUT2D eigenvalue weighted by molar-refractivity contribution is -0.384. The highest BCUT2D eigenvalue weighted by atomic mass is 16.6. The summed E-state index contributed by atoms with van der Waals surface area (Å²) in [5.74, 6) is -1.86. The highest BCUT2D eigenvalue weighted by Crippen LogP contribution is 2.13. The molecule has 10 nitrogen and oxygen atoms in total. The molecule has 0 aliphatic rings. The first-order valence-corrected chi connectivity index (χ1v) is 8.91. The van der Waals surface area contributed by atoms with Crippen LogP contribution >= 0.6 is 0 Å². The van der Waals surface area contributed by atoms with Crippen molar-refractivity contribution in [2.45, 2.75) is 0 Å². The lowest BCUT2D eigenvalue weighted by atomic mass is 10.2. The van der Waals surface area contributed by atoms with E-state index in [1.54, 1.807) is 42.5 Å². The van der Waals surface area contributed by atoms with Gasteiger partial charge in [0, 0.05) is 29.3 Å². The number of nitro groups is 1. The fraction of sp³-hybridized carbons (Fsp3) is 0. The molecule has 31 heavy (non-hydrogen) atoms. The second-order valence-corrected chi connectivity index (χ2v) is 6.11. The van der Waals surface area contributed by atoms with E-state index in [1.165, 1.54) is 30.5 Å². The predicted octanol–water partition coefficient (Wildman–Crippen LogP) is 2.42. The van der Waals surface area contributed by atoms with Crippen LogP contribution < -0.4 is 16.2 Å². The molecule has 0 bridgehead atoms. The smallest absolute Gasteiger partial charge is 0.286 e. The van der Waals surface area contributed by atoms with Gasteiger partial charge in [-0.25, -0.2) is 0 Å². The third-order valence-corrected chi connectivity index (χ3v) is 3.97. The Morgan fingerprint density at radius 2 is 1.61 bits per heavy atom. The van der Waals surface area contributed by atoms with Gasteiger partial charge in [0.15, 0.2) is 0 Å². The quantitative estimate of drug-likeness (QED) is 0.317. The van der Waals surface area contributed by atoms with Crippen LogP contribution in [0.3, 0.4) is 0 Å². The van der Waals surface area contributed by atoms with E-state index in [1.807, 2.05) is 0 Å². The van der Waals surface area contributed by atoms with Gasteiger partial charge < -0.3 is 9.73 Å². The zero-order valence-electron chi connectivity index (χ0n) is 15.9. The molecule has 0 spiro atoms. The molecule has 0 unspecified atom stereocenters. The summed E-state index contributed by atoms with van der Waals surface area (Å²) in [5.41, 5.74) is 4.15. The molecule has 0 saturated heterocycles. The molecule has 3 N–H and O–H groups in total. The van der Waals surface area contributed by atoms with E-state index in [4.69, 9.17) is 4.42 Å². The normalized spacial score (nSPS) is 10.8. The Morgan fingerprint density at radius 3 is 2.29 bits per heavy atom. The van der Waals surface area contributed by atoms with Gasteiger partial charge in [-0.15, -0.1) is 0 Å². The maximum atomic E-state index is 12.6. The SMILES string of the molecule is O=C(NNC(=O)c1cccc([N+](=O)[O-])c1)/C(=C/c1ccco1)NC(=O)c1ccccc1. The summed E-state index contributed by atoms with van der Waals surface area (Å²) in [6, 6.07) is 16.4. The number of hydrazine groups is 1. The van der Waals surface area contributed by atoms with Gasteiger partial charge >= 0.3 is 0 Å². The number of nitro benzene ring substituents is 1. The minimum absolute atomic E-state index is 0.0283. The van der Waals surface area contributed by atoms with Crippen LogP contribution in [0.25, 0.3) is 6.08 Å². The van der Waals surface area contributed by atoms with Crippen molar-refractivity contribution in [2.75, 3.05) is 0 Å². The van der Waals surface area contributed by atoms with Crippen LogP contribution in [0.2, 0.25) is 0 Å². The number of rotatable bonds is 6. The van der Waals surface area contributed by atoms with E-state index >= 15 is 0 Å². The van der Waals surface area contributed by atoms with Crippen molar-refractivity contribution < 1.29 is 23.7 Å². The molecule has 0 atom stereocenters. The molecular weight excluding hydrogens is 404 g/mol. The highest BCUT2D eigenvalue weighted by molar-refractivity contribution is 6.06. The van der Waals surface area contributed by atoms with E-state index in [0.29, 0.717) is 11.3 Å². The minimum atomic E-state index is -0.834. The Balaban J connectivity index is 1.73. The molecule has 10 heteroatoms. The second kappa shape index (κ2) is 9.65. The highest BCUT2D eigenvalue weighted by Gasteiger charge is 2.17. The van der Waals surface area contributed by atoms with Crippen LogP contribution in [-0.2, 0) is 4.79 Å². The van der Waals surface area contributed by atoms with Gasteiger partial charge in [0.25, 0.3) is 23.4 Å². The number of nitrogens with one attached hydrogen (secondary N) is 3. The maximum Gasteiger partial charge on any atom is 0.286 e. The zero-order valence-corrected chi connectivity index (χ0v) is 15.9. The Labute approximate surface area is 175 Å². The van der Waals surface area contributed by atoms with E-state index in [0.717, 1.165) is 6.07 Å². The van der Waals surface area contributed by atoms with E-state index < -0.39 is 22.6 Å². The van der Waals surface area contributed by atoms with Crippen LogP contribution in [-0.4, -0.2) is 22.6 Å². The molecule has 0 radical (unpaired) electrons. The van der Waals surface area contributed by atoms with Crippen molar-refractivity contribution >= 4 is 29.5 Å². The van der Waals surface area contributed by atoms with Gasteiger partial charge in [0.2, 0.25) is 0 Å². The average molecular weight is 420 g/mol. The Bertz CT molecular complexity index is 1140. The third-order valence-electron chi connectivity index (χ3n) is 3.97. The van der Waals surface area contributed by atoms with Gasteiger partial charge in [-0.2, -0.15) is 0 Å². The molecule has 1 heterocycles. The summed E-state index contributed by atoms with van der Waals surface area (Å²) in [4.78, 5) is 47.5. The summed E-state index contributed by atoms with van der Waals surface area (Å²) in [6.45, 7) is 0. The Morgan fingerprint density at radius 1 is 0.871 bits per heavy atom. The largest absolute Gasteiger partial charge is 0.465 e. The van der Waals surface area contributed by atoms with Crippen molar-refractivity contribution in [3.05, 3.63) is 106 Å². The molecule has 0 fully saturated rings. The average Bonchev–Trinajstić information content (AvgIpc) is 3.30. The van der Waals surface area contributed by atoms with Gasteiger partial charge in [0.05, 0.1) is 11.2 Å². The first-order valence-electron chi connectivity index (χ1n) is 8.91. The molecule has 0 aliphatic heterocycles. The Hall–Kier alpha value is -4.73. The fourth-order valence-corrected chi connectivity index (χ4v) is 2.47. The number of furan rings is 1. The van der Waals surface area contributed by atoms with E-state index in [-0.39, 0.29) is 16.9 Å². The lowest BCUT2D eigenvalue weighted by Crippen LogP contribution is -2.45. The first kappa shape index (κ1) is 21.0. The number of non-ortho nitro benzene ring substituents is 1. The molecule has 0 aliphatic carbocycles. The van der Waals surface area contributed by atoms with Gasteiger partial charge in [-0.1, -0.05) is 24.3 Å². The summed E-state index contributed by atoms with van der Waals surface area (Å²) in [7, 11) is 0. The van der Waals surface area contributed by atoms with Crippen LogP contribution in [0.15, 0.2) is 83.1 Å². The third kappa shape index (κ3) is 5.64. The molecule has 3 rings (SSSR count). The van der Waals surface area contributed by atoms with Crippen LogP contribution in [0.5, 0.6) is 0 Å². The molecule has 3 amide bonds. The van der Waals surface area contributed by atoms with Crippen molar-refractivity contribution in [3.8, 4) is 0 Å². The standard InChI is InChI=1S/C21H16N4O6/c26-19(14-6-2-1-3-7-14)22-18(13-17-10-5-11-31-17)21(28)24-23-20(27)15-8-4-9-16(12-15)25(29)30/h1-13H,(H,22,26)(H,23,27)(H,24,28)/b18-13-.